The van der Waals surface area contributed by atoms with Crippen molar-refractivity contribution in [2.45, 2.75) is 26.3 Å². The molecule has 1 aromatic heterocycles. The largest absolute Gasteiger partial charge is 0.334 e. The predicted octanol–water partition coefficient (Wildman–Crippen LogP) is 3.22. The van der Waals surface area contributed by atoms with E-state index < -0.39 is 0 Å². The summed E-state index contributed by atoms with van der Waals surface area (Å²) in [7, 11) is 1.93. The fraction of sp³-hybridized carbons (Fsp3) is 0.385. The molecule has 2 aromatic rings. The van der Waals surface area contributed by atoms with Gasteiger partial charge in [-0.25, -0.2) is 0 Å². The Morgan fingerprint density at radius 1 is 1.42 bits per heavy atom. The Kier molecular flexibility index (Phi) is 6.22. The first-order valence-corrected chi connectivity index (χ1v) is 6.94. The first-order chi connectivity index (χ1) is 8.60. The van der Waals surface area contributed by atoms with Crippen molar-refractivity contribution in [1.29, 1.82) is 0 Å². The highest BCUT2D eigenvalue weighted by Gasteiger charge is 2.13. The van der Waals surface area contributed by atoms with Gasteiger partial charge in [0.05, 0.1) is 5.56 Å². The Morgan fingerprint density at radius 2 is 2.16 bits per heavy atom. The highest BCUT2D eigenvalue weighted by Crippen LogP contribution is 2.24. The smallest absolute Gasteiger partial charge is 0.259 e. The third-order valence-corrected chi connectivity index (χ3v) is 3.74. The van der Waals surface area contributed by atoms with Crippen molar-refractivity contribution in [2.24, 2.45) is 0 Å². The minimum absolute atomic E-state index is 0. The maximum absolute atomic E-state index is 5.34. The molecule has 1 atom stereocenters. The van der Waals surface area contributed by atoms with Gasteiger partial charge >= 0.3 is 0 Å². The molecule has 2 rings (SSSR count). The van der Waals surface area contributed by atoms with Crippen LogP contribution < -0.4 is 5.32 Å². The molecule has 0 spiro atoms. The lowest BCUT2D eigenvalue weighted by atomic mass is 10.1. The van der Waals surface area contributed by atoms with Crippen LogP contribution in [0, 0.1) is 10.5 Å². The Balaban J connectivity index is 0.00000180. The molecule has 0 fully saturated rings. The zero-order chi connectivity index (χ0) is 13.1. The van der Waals surface area contributed by atoms with Crippen LogP contribution in [0.3, 0.4) is 0 Å². The quantitative estimate of drug-likeness (QED) is 0.811. The lowest BCUT2D eigenvalue weighted by Crippen LogP contribution is -2.24. The molecule has 1 unspecified atom stereocenters. The maximum Gasteiger partial charge on any atom is 0.259 e. The highest BCUT2D eigenvalue weighted by molar-refractivity contribution is 14.1. The summed E-state index contributed by atoms with van der Waals surface area (Å²) in [5, 5.41) is 7.18. The lowest BCUT2D eigenvalue weighted by Gasteiger charge is -2.04. The molecule has 19 heavy (non-hydrogen) atoms. The third kappa shape index (κ3) is 4.15. The number of hydrogen-bond donors (Lipinski definition) is 1. The van der Waals surface area contributed by atoms with E-state index in [-0.39, 0.29) is 12.4 Å². The fourth-order valence-electron chi connectivity index (χ4n) is 1.63. The van der Waals surface area contributed by atoms with Gasteiger partial charge in [0.15, 0.2) is 5.82 Å². The van der Waals surface area contributed by atoms with Gasteiger partial charge in [0.1, 0.15) is 0 Å². The van der Waals surface area contributed by atoms with Gasteiger partial charge in [-0.2, -0.15) is 4.98 Å². The van der Waals surface area contributed by atoms with Crippen molar-refractivity contribution in [2.75, 3.05) is 7.05 Å². The van der Waals surface area contributed by atoms with Crippen LogP contribution in [0.1, 0.15) is 18.3 Å². The normalized spacial score (nSPS) is 12.0. The molecule has 0 saturated carbocycles. The molecule has 0 radical (unpaired) electrons. The van der Waals surface area contributed by atoms with Gasteiger partial charge in [-0.05, 0) is 55.6 Å². The first-order valence-electron chi connectivity index (χ1n) is 5.86. The summed E-state index contributed by atoms with van der Waals surface area (Å²) >= 11 is 2.28. The van der Waals surface area contributed by atoms with Crippen molar-refractivity contribution < 1.29 is 4.52 Å². The zero-order valence-corrected chi connectivity index (χ0v) is 14.1. The van der Waals surface area contributed by atoms with E-state index in [0.29, 0.717) is 11.9 Å². The number of aromatic nitrogens is 2. The maximum atomic E-state index is 5.34. The van der Waals surface area contributed by atoms with Crippen molar-refractivity contribution in [3.8, 4) is 11.5 Å². The van der Waals surface area contributed by atoms with Gasteiger partial charge in [0.25, 0.3) is 5.89 Å². The molecule has 1 aromatic carbocycles. The first kappa shape index (κ1) is 16.4. The molecule has 0 aliphatic heterocycles. The number of nitrogens with zero attached hydrogens (tertiary/aromatic N) is 2. The molecule has 0 aliphatic rings. The summed E-state index contributed by atoms with van der Waals surface area (Å²) in [5.74, 6) is 1.34. The summed E-state index contributed by atoms with van der Waals surface area (Å²) in [4.78, 5) is 4.45. The molecule has 4 nitrogen and oxygen atoms in total. The lowest BCUT2D eigenvalue weighted by molar-refractivity contribution is 0.418. The second kappa shape index (κ2) is 7.21. The summed E-state index contributed by atoms with van der Waals surface area (Å²) in [6, 6.07) is 6.55. The van der Waals surface area contributed by atoms with Crippen molar-refractivity contribution in [1.82, 2.24) is 15.5 Å². The number of hydrogen-bond acceptors (Lipinski definition) is 4. The van der Waals surface area contributed by atoms with Crippen LogP contribution in [0.25, 0.3) is 11.5 Å². The van der Waals surface area contributed by atoms with E-state index in [1.807, 2.05) is 7.05 Å². The summed E-state index contributed by atoms with van der Waals surface area (Å²) in [5.41, 5.74) is 2.19. The van der Waals surface area contributed by atoms with E-state index in [9.17, 15) is 0 Å². The van der Waals surface area contributed by atoms with Crippen LogP contribution in [0.5, 0.6) is 0 Å². The molecular formula is C13H17ClIN3O. The molecule has 0 bridgehead atoms. The van der Waals surface area contributed by atoms with Crippen LogP contribution in [0.4, 0.5) is 0 Å². The van der Waals surface area contributed by atoms with Crippen molar-refractivity contribution in [3.63, 3.8) is 0 Å². The predicted molar refractivity (Wildman–Crippen MR) is 86.7 cm³/mol. The molecule has 1 heterocycles. The van der Waals surface area contributed by atoms with E-state index in [4.69, 9.17) is 4.52 Å². The van der Waals surface area contributed by atoms with E-state index in [0.717, 1.165) is 21.4 Å². The number of rotatable bonds is 4. The Bertz CT molecular complexity index is 544. The van der Waals surface area contributed by atoms with Crippen LogP contribution in [0.15, 0.2) is 22.7 Å². The van der Waals surface area contributed by atoms with E-state index in [2.05, 4.69) is 70.1 Å². The second-order valence-electron chi connectivity index (χ2n) is 4.39. The summed E-state index contributed by atoms with van der Waals surface area (Å²) < 4.78 is 6.46. The van der Waals surface area contributed by atoms with Gasteiger partial charge in [-0.1, -0.05) is 16.8 Å². The van der Waals surface area contributed by atoms with Crippen LogP contribution in [-0.2, 0) is 6.42 Å². The van der Waals surface area contributed by atoms with E-state index in [1.54, 1.807) is 0 Å². The third-order valence-electron chi connectivity index (χ3n) is 2.80. The van der Waals surface area contributed by atoms with Crippen molar-refractivity contribution in [3.05, 3.63) is 33.2 Å². The molecular weight excluding hydrogens is 377 g/mol. The Hall–Kier alpha value is -0.660. The molecule has 6 heteroatoms. The number of likely N-dealkylation sites (N-methyl/N-ethyl adjacent to an activating group) is 1. The van der Waals surface area contributed by atoms with Crippen LogP contribution in [-0.4, -0.2) is 23.2 Å². The number of aryl methyl sites for hydroxylation is 1. The SMILES string of the molecule is CNC(C)Cc1noc(-c2cc(C)ccc2I)n1.Cl. The monoisotopic (exact) mass is 393 g/mol. The van der Waals surface area contributed by atoms with Gasteiger partial charge in [-0.15, -0.1) is 12.4 Å². The summed E-state index contributed by atoms with van der Waals surface area (Å²) in [6.07, 6.45) is 0.766. The molecule has 0 aliphatic carbocycles. The van der Waals surface area contributed by atoms with Crippen LogP contribution >= 0.6 is 35.0 Å². The highest BCUT2D eigenvalue weighted by atomic mass is 127. The number of nitrogens with one attached hydrogen (secondary N) is 1. The van der Waals surface area contributed by atoms with E-state index >= 15 is 0 Å². The second-order valence-corrected chi connectivity index (χ2v) is 5.56. The molecule has 1 N–H and O–H groups in total. The topological polar surface area (TPSA) is 51.0 Å². The standard InChI is InChI=1S/C13H16IN3O.ClH/c1-8-4-5-11(14)10(6-8)13-16-12(17-18-13)7-9(2)15-3;/h4-6,9,15H,7H2,1-3H3;1H. The Morgan fingerprint density at radius 3 is 2.84 bits per heavy atom. The summed E-state index contributed by atoms with van der Waals surface area (Å²) in [6.45, 7) is 4.15. The zero-order valence-electron chi connectivity index (χ0n) is 11.1. The van der Waals surface area contributed by atoms with Crippen molar-refractivity contribution >= 4 is 35.0 Å². The molecule has 104 valence electrons. The fourth-order valence-corrected chi connectivity index (χ4v) is 2.19. The average Bonchev–Trinajstić information content (AvgIpc) is 2.80. The number of benzene rings is 1. The minimum Gasteiger partial charge on any atom is -0.334 e. The number of halogens is 2. The van der Waals surface area contributed by atoms with Gasteiger partial charge < -0.3 is 9.84 Å². The van der Waals surface area contributed by atoms with Gasteiger partial charge in [-0.3, -0.25) is 0 Å². The average molecular weight is 394 g/mol. The minimum atomic E-state index is 0. The van der Waals surface area contributed by atoms with Crippen LogP contribution in [0.2, 0.25) is 0 Å². The van der Waals surface area contributed by atoms with Gasteiger partial charge in [0, 0.05) is 16.0 Å². The molecule has 0 amide bonds. The Labute approximate surface area is 132 Å². The van der Waals surface area contributed by atoms with Gasteiger partial charge in [0.2, 0.25) is 0 Å². The van der Waals surface area contributed by atoms with E-state index in [1.165, 1.54) is 5.56 Å². The molecule has 0 saturated heterocycles.